The second kappa shape index (κ2) is 11.4. The maximum absolute atomic E-state index is 6.70. The van der Waals surface area contributed by atoms with Gasteiger partial charge in [-0.05, 0) is 42.0 Å². The summed E-state index contributed by atoms with van der Waals surface area (Å²) in [5.41, 5.74) is 9.81. The van der Waals surface area contributed by atoms with Gasteiger partial charge >= 0.3 is 0 Å². The Morgan fingerprint density at radius 2 is 0.980 bits per heavy atom. The number of fused-ring (bicyclic) bond motifs is 6. The fourth-order valence-electron chi connectivity index (χ4n) is 6.90. The molecule has 234 valence electrons. The van der Waals surface area contributed by atoms with E-state index in [1.807, 2.05) is 91.1 Å². The van der Waals surface area contributed by atoms with Crippen molar-refractivity contribution in [1.29, 1.82) is 0 Å². The minimum atomic E-state index is 0.561. The number of pyridine rings is 1. The van der Waals surface area contributed by atoms with E-state index in [2.05, 4.69) is 65.6 Å². The third-order valence-electron chi connectivity index (χ3n) is 9.24. The van der Waals surface area contributed by atoms with E-state index in [9.17, 15) is 0 Å². The quantitative estimate of drug-likeness (QED) is 0.186. The molecule has 0 bridgehead atoms. The van der Waals surface area contributed by atoms with Crippen LogP contribution in [0.4, 0.5) is 0 Å². The highest BCUT2D eigenvalue weighted by atomic mass is 16.3. The van der Waals surface area contributed by atoms with Gasteiger partial charge in [-0.2, -0.15) is 0 Å². The molecule has 50 heavy (non-hydrogen) atoms. The molecule has 0 saturated carbocycles. The van der Waals surface area contributed by atoms with Crippen LogP contribution in [0.5, 0.6) is 0 Å². The van der Waals surface area contributed by atoms with E-state index in [0.717, 1.165) is 82.8 Å². The monoisotopic (exact) mass is 642 g/mol. The van der Waals surface area contributed by atoms with Gasteiger partial charge in [0.15, 0.2) is 17.5 Å². The van der Waals surface area contributed by atoms with E-state index in [1.165, 1.54) is 0 Å². The lowest BCUT2D eigenvalue weighted by atomic mass is 9.96. The van der Waals surface area contributed by atoms with Gasteiger partial charge in [-0.3, -0.25) is 4.98 Å². The summed E-state index contributed by atoms with van der Waals surface area (Å²) < 4.78 is 13.2. The third-order valence-corrected chi connectivity index (χ3v) is 9.24. The molecule has 0 aliphatic rings. The summed E-state index contributed by atoms with van der Waals surface area (Å²) in [6.45, 7) is 0. The lowest BCUT2D eigenvalue weighted by Gasteiger charge is -2.11. The van der Waals surface area contributed by atoms with Gasteiger partial charge in [0, 0.05) is 67.3 Å². The molecule has 6 aromatic carbocycles. The summed E-state index contributed by atoms with van der Waals surface area (Å²) in [6, 6.07) is 49.0. The number of para-hydroxylation sites is 3. The molecule has 0 aliphatic heterocycles. The van der Waals surface area contributed by atoms with Crippen molar-refractivity contribution in [3.8, 4) is 56.4 Å². The first-order valence-corrected chi connectivity index (χ1v) is 16.5. The van der Waals surface area contributed by atoms with Crippen molar-refractivity contribution in [3.05, 3.63) is 158 Å². The van der Waals surface area contributed by atoms with Gasteiger partial charge in [0.25, 0.3) is 0 Å². The Morgan fingerprint density at radius 3 is 1.82 bits per heavy atom. The van der Waals surface area contributed by atoms with Gasteiger partial charge in [-0.1, -0.05) is 109 Å². The van der Waals surface area contributed by atoms with Gasteiger partial charge in [0.2, 0.25) is 0 Å². The Kier molecular flexibility index (Phi) is 6.39. The third kappa shape index (κ3) is 4.58. The van der Waals surface area contributed by atoms with Crippen LogP contribution in [0.2, 0.25) is 0 Å². The lowest BCUT2D eigenvalue weighted by Crippen LogP contribution is -2.00. The van der Waals surface area contributed by atoms with E-state index in [1.54, 1.807) is 6.20 Å². The maximum atomic E-state index is 6.70. The molecule has 0 saturated heterocycles. The minimum Gasteiger partial charge on any atom is -0.455 e. The highest BCUT2D eigenvalue weighted by molar-refractivity contribution is 6.18. The van der Waals surface area contributed by atoms with Gasteiger partial charge < -0.3 is 8.83 Å². The van der Waals surface area contributed by atoms with E-state index in [4.69, 9.17) is 23.8 Å². The standard InChI is InChI=1S/C44H26N4O2/c1-2-11-27(12-3-1)42-46-43(29-14-8-13-28(25-29)30-15-10-24-45-26-30)48-44(47-42)36-23-22-34(41-39(36)35-17-5-7-21-38(35)50-41)33-19-9-18-32-31-16-4-6-20-37(31)49-40(32)33/h1-26H. The van der Waals surface area contributed by atoms with E-state index < -0.39 is 0 Å². The molecule has 0 atom stereocenters. The number of furan rings is 2. The predicted octanol–water partition coefficient (Wildman–Crippen LogP) is 11.4. The molecular weight excluding hydrogens is 617 g/mol. The summed E-state index contributed by atoms with van der Waals surface area (Å²) in [6.07, 6.45) is 3.64. The Bertz CT molecular complexity index is 2880. The molecule has 0 amide bonds. The first kappa shape index (κ1) is 28.1. The fourth-order valence-corrected chi connectivity index (χ4v) is 6.90. The van der Waals surface area contributed by atoms with Crippen LogP contribution in [0.25, 0.3) is 100 Å². The van der Waals surface area contributed by atoms with E-state index in [-0.39, 0.29) is 0 Å². The smallest absolute Gasteiger partial charge is 0.164 e. The first-order chi connectivity index (χ1) is 24.8. The Balaban J connectivity index is 1.23. The molecule has 0 spiro atoms. The highest BCUT2D eigenvalue weighted by Gasteiger charge is 2.22. The van der Waals surface area contributed by atoms with Crippen molar-refractivity contribution in [2.75, 3.05) is 0 Å². The van der Waals surface area contributed by atoms with Gasteiger partial charge in [-0.25, -0.2) is 15.0 Å². The van der Waals surface area contributed by atoms with Crippen molar-refractivity contribution in [2.45, 2.75) is 0 Å². The average molecular weight is 643 g/mol. The Hall–Kier alpha value is -6.92. The number of aromatic nitrogens is 4. The van der Waals surface area contributed by atoms with Crippen LogP contribution < -0.4 is 0 Å². The minimum absolute atomic E-state index is 0.561. The van der Waals surface area contributed by atoms with Crippen molar-refractivity contribution < 1.29 is 8.83 Å². The summed E-state index contributed by atoms with van der Waals surface area (Å²) in [7, 11) is 0. The molecule has 10 rings (SSSR count). The molecule has 0 N–H and O–H groups in total. The topological polar surface area (TPSA) is 77.8 Å². The zero-order chi connectivity index (χ0) is 33.0. The van der Waals surface area contributed by atoms with Crippen LogP contribution in [-0.2, 0) is 0 Å². The van der Waals surface area contributed by atoms with Crippen molar-refractivity contribution in [3.63, 3.8) is 0 Å². The number of hydrogen-bond donors (Lipinski definition) is 0. The predicted molar refractivity (Wildman–Crippen MR) is 199 cm³/mol. The van der Waals surface area contributed by atoms with Gasteiger partial charge in [-0.15, -0.1) is 0 Å². The molecule has 6 heteroatoms. The summed E-state index contributed by atoms with van der Waals surface area (Å²) in [4.78, 5) is 19.6. The molecule has 6 nitrogen and oxygen atoms in total. The molecular formula is C44H26N4O2. The normalized spacial score (nSPS) is 11.6. The molecule has 0 fully saturated rings. The second-order valence-corrected chi connectivity index (χ2v) is 12.2. The molecule has 10 aromatic rings. The zero-order valence-electron chi connectivity index (χ0n) is 26.6. The van der Waals surface area contributed by atoms with E-state index in [0.29, 0.717) is 17.5 Å². The fraction of sp³-hybridized carbons (Fsp3) is 0. The average Bonchev–Trinajstić information content (AvgIpc) is 3.78. The SMILES string of the molecule is c1ccc(-c2nc(-c3cccc(-c4cccnc4)c3)nc(-c3ccc(-c4cccc5c4oc4ccccc45)c4oc5ccccc5c34)n2)cc1. The number of nitrogens with zero attached hydrogens (tertiary/aromatic N) is 4. The zero-order valence-corrected chi connectivity index (χ0v) is 26.6. The summed E-state index contributed by atoms with van der Waals surface area (Å²) >= 11 is 0. The van der Waals surface area contributed by atoms with Gasteiger partial charge in [0.05, 0.1) is 0 Å². The first-order valence-electron chi connectivity index (χ1n) is 16.5. The number of benzene rings is 6. The van der Waals surface area contributed by atoms with Crippen LogP contribution in [0, 0.1) is 0 Å². The second-order valence-electron chi connectivity index (χ2n) is 12.2. The Labute approximate surface area is 286 Å². The van der Waals surface area contributed by atoms with Gasteiger partial charge in [0.1, 0.15) is 22.3 Å². The van der Waals surface area contributed by atoms with Crippen LogP contribution in [0.3, 0.4) is 0 Å². The molecule has 0 unspecified atom stereocenters. The molecule has 4 heterocycles. The number of rotatable bonds is 5. The van der Waals surface area contributed by atoms with Crippen molar-refractivity contribution in [1.82, 2.24) is 19.9 Å². The van der Waals surface area contributed by atoms with Crippen LogP contribution in [0.1, 0.15) is 0 Å². The van der Waals surface area contributed by atoms with Crippen molar-refractivity contribution >= 4 is 43.9 Å². The van der Waals surface area contributed by atoms with Crippen LogP contribution >= 0.6 is 0 Å². The van der Waals surface area contributed by atoms with E-state index >= 15 is 0 Å². The molecule has 4 aromatic heterocycles. The highest BCUT2D eigenvalue weighted by Crippen LogP contribution is 2.44. The van der Waals surface area contributed by atoms with Crippen LogP contribution in [-0.4, -0.2) is 19.9 Å². The maximum Gasteiger partial charge on any atom is 0.164 e. The molecule has 0 aliphatic carbocycles. The largest absolute Gasteiger partial charge is 0.455 e. The molecule has 0 radical (unpaired) electrons. The Morgan fingerprint density at radius 1 is 0.380 bits per heavy atom. The number of hydrogen-bond acceptors (Lipinski definition) is 6. The summed E-state index contributed by atoms with van der Waals surface area (Å²) in [5, 5.41) is 4.07. The lowest BCUT2D eigenvalue weighted by molar-refractivity contribution is 0.665. The van der Waals surface area contributed by atoms with Crippen molar-refractivity contribution in [2.24, 2.45) is 0 Å². The summed E-state index contributed by atoms with van der Waals surface area (Å²) in [5.74, 6) is 1.73. The van der Waals surface area contributed by atoms with Crippen LogP contribution in [0.15, 0.2) is 167 Å².